The second-order valence-electron chi connectivity index (χ2n) is 4.56. The Labute approximate surface area is 102 Å². The van der Waals surface area contributed by atoms with Gasteiger partial charge in [-0.15, -0.1) is 0 Å². The van der Waals surface area contributed by atoms with Gasteiger partial charge in [0.25, 0.3) is 0 Å². The molecule has 1 aromatic carbocycles. The average molecular weight is 229 g/mol. The van der Waals surface area contributed by atoms with Gasteiger partial charge in [-0.05, 0) is 37.5 Å². The summed E-state index contributed by atoms with van der Waals surface area (Å²) in [6, 6.07) is 6.15. The first kappa shape index (κ1) is 11.9. The molecule has 0 fully saturated rings. The van der Waals surface area contributed by atoms with Crippen molar-refractivity contribution >= 4 is 0 Å². The molecule has 1 atom stereocenters. The van der Waals surface area contributed by atoms with Crippen LogP contribution in [0.5, 0.6) is 0 Å². The van der Waals surface area contributed by atoms with E-state index in [2.05, 4.69) is 37.0 Å². The van der Waals surface area contributed by atoms with E-state index in [-0.39, 0.29) is 6.04 Å². The number of rotatable bonds is 2. The van der Waals surface area contributed by atoms with Crippen LogP contribution < -0.4 is 5.73 Å². The molecule has 2 rings (SSSR count). The monoisotopic (exact) mass is 229 g/mol. The lowest BCUT2D eigenvalue weighted by atomic mass is 9.96. The Bertz CT molecular complexity index is 540. The molecule has 0 saturated carbocycles. The highest BCUT2D eigenvalue weighted by Gasteiger charge is 2.16. The van der Waals surface area contributed by atoms with Crippen molar-refractivity contribution in [3.05, 3.63) is 52.6 Å². The molecule has 2 N–H and O–H groups in total. The van der Waals surface area contributed by atoms with Gasteiger partial charge in [0.2, 0.25) is 0 Å². The summed E-state index contributed by atoms with van der Waals surface area (Å²) in [6.45, 7) is 6.22. The van der Waals surface area contributed by atoms with Crippen molar-refractivity contribution in [3.8, 4) is 0 Å². The minimum absolute atomic E-state index is 0.110. The summed E-state index contributed by atoms with van der Waals surface area (Å²) >= 11 is 0. The largest absolute Gasteiger partial charge is 0.334 e. The fourth-order valence-electron chi connectivity index (χ4n) is 2.08. The van der Waals surface area contributed by atoms with Crippen molar-refractivity contribution in [3.63, 3.8) is 0 Å². The van der Waals surface area contributed by atoms with E-state index in [1.165, 1.54) is 16.7 Å². The van der Waals surface area contributed by atoms with Crippen LogP contribution >= 0.6 is 0 Å². The highest BCUT2D eigenvalue weighted by atomic mass is 15.1. The predicted octanol–water partition coefficient (Wildman–Crippen LogP) is 2.39. The van der Waals surface area contributed by atoms with Gasteiger partial charge in [0.15, 0.2) is 0 Å². The van der Waals surface area contributed by atoms with E-state index in [0.717, 1.165) is 11.5 Å². The van der Waals surface area contributed by atoms with Crippen molar-refractivity contribution in [1.82, 2.24) is 9.55 Å². The number of nitrogens with two attached hydrogens (primary N) is 1. The summed E-state index contributed by atoms with van der Waals surface area (Å²) in [5.41, 5.74) is 11.1. The maximum Gasteiger partial charge on any atom is 0.105 e. The highest BCUT2D eigenvalue weighted by molar-refractivity contribution is 5.38. The van der Waals surface area contributed by atoms with E-state index in [1.54, 1.807) is 0 Å². The zero-order valence-electron chi connectivity index (χ0n) is 10.9. The van der Waals surface area contributed by atoms with Crippen molar-refractivity contribution in [1.29, 1.82) is 0 Å². The number of nitrogens with zero attached hydrogens (tertiary/aromatic N) is 2. The standard InChI is InChI=1S/C14H19N3/c1-9-6-5-7-12(10(9)2)14(15)13-8-16-11(3)17(13)4/h5-8,14H,15H2,1-4H3. The molecule has 0 aliphatic heterocycles. The van der Waals surface area contributed by atoms with Gasteiger partial charge in [0.05, 0.1) is 17.9 Å². The summed E-state index contributed by atoms with van der Waals surface area (Å²) in [4.78, 5) is 4.30. The molecule has 17 heavy (non-hydrogen) atoms. The molecular weight excluding hydrogens is 210 g/mol. The molecule has 3 heteroatoms. The fourth-order valence-corrected chi connectivity index (χ4v) is 2.08. The smallest absolute Gasteiger partial charge is 0.105 e. The Balaban J connectivity index is 2.47. The SMILES string of the molecule is Cc1cccc(C(N)c2cnc(C)n2C)c1C. The average Bonchev–Trinajstić information content (AvgIpc) is 2.63. The van der Waals surface area contributed by atoms with Crippen molar-refractivity contribution in [2.75, 3.05) is 0 Å². The van der Waals surface area contributed by atoms with Crippen LogP contribution in [-0.4, -0.2) is 9.55 Å². The molecule has 0 aliphatic rings. The molecule has 0 saturated heterocycles. The third-order valence-corrected chi connectivity index (χ3v) is 3.56. The zero-order chi connectivity index (χ0) is 12.6. The van der Waals surface area contributed by atoms with Gasteiger partial charge in [-0.3, -0.25) is 0 Å². The first-order chi connectivity index (χ1) is 8.02. The molecule has 0 spiro atoms. The second-order valence-corrected chi connectivity index (χ2v) is 4.56. The Morgan fingerprint density at radius 1 is 1.24 bits per heavy atom. The minimum atomic E-state index is -0.110. The lowest BCUT2D eigenvalue weighted by Gasteiger charge is -2.17. The van der Waals surface area contributed by atoms with E-state index in [9.17, 15) is 0 Å². The number of imidazole rings is 1. The van der Waals surface area contributed by atoms with Crippen LogP contribution in [0.15, 0.2) is 24.4 Å². The molecule has 1 heterocycles. The van der Waals surface area contributed by atoms with Gasteiger partial charge in [-0.25, -0.2) is 4.98 Å². The summed E-state index contributed by atoms with van der Waals surface area (Å²) in [6.07, 6.45) is 1.86. The fraction of sp³-hybridized carbons (Fsp3) is 0.357. The normalized spacial score (nSPS) is 12.8. The van der Waals surface area contributed by atoms with Crippen LogP contribution in [0.2, 0.25) is 0 Å². The Kier molecular flexibility index (Phi) is 3.03. The third-order valence-electron chi connectivity index (χ3n) is 3.56. The van der Waals surface area contributed by atoms with E-state index < -0.39 is 0 Å². The van der Waals surface area contributed by atoms with Crippen LogP contribution in [0.4, 0.5) is 0 Å². The Hall–Kier alpha value is -1.61. The molecule has 0 radical (unpaired) electrons. The summed E-state index contributed by atoms with van der Waals surface area (Å²) in [5, 5.41) is 0. The van der Waals surface area contributed by atoms with Crippen LogP contribution in [0.1, 0.15) is 34.3 Å². The van der Waals surface area contributed by atoms with E-state index in [1.807, 2.05) is 24.7 Å². The molecule has 0 amide bonds. The molecule has 0 bridgehead atoms. The Morgan fingerprint density at radius 3 is 2.53 bits per heavy atom. The van der Waals surface area contributed by atoms with Crippen LogP contribution in [-0.2, 0) is 7.05 Å². The summed E-state index contributed by atoms with van der Waals surface area (Å²) in [7, 11) is 2.00. The summed E-state index contributed by atoms with van der Waals surface area (Å²) < 4.78 is 2.05. The number of aromatic nitrogens is 2. The second kappa shape index (κ2) is 4.34. The van der Waals surface area contributed by atoms with E-state index in [4.69, 9.17) is 5.73 Å². The predicted molar refractivity (Wildman–Crippen MR) is 69.9 cm³/mol. The van der Waals surface area contributed by atoms with Crippen molar-refractivity contribution in [2.24, 2.45) is 12.8 Å². The number of benzene rings is 1. The molecular formula is C14H19N3. The zero-order valence-corrected chi connectivity index (χ0v) is 10.9. The first-order valence-corrected chi connectivity index (χ1v) is 5.82. The van der Waals surface area contributed by atoms with Gasteiger partial charge in [-0.1, -0.05) is 18.2 Å². The molecule has 90 valence electrons. The lowest BCUT2D eigenvalue weighted by Crippen LogP contribution is -2.17. The molecule has 0 aliphatic carbocycles. The maximum absolute atomic E-state index is 6.34. The summed E-state index contributed by atoms with van der Waals surface area (Å²) in [5.74, 6) is 0.987. The highest BCUT2D eigenvalue weighted by Crippen LogP contribution is 2.24. The molecule has 3 nitrogen and oxygen atoms in total. The van der Waals surface area contributed by atoms with Gasteiger partial charge < -0.3 is 10.3 Å². The Morgan fingerprint density at radius 2 is 1.94 bits per heavy atom. The van der Waals surface area contributed by atoms with Crippen LogP contribution in [0.3, 0.4) is 0 Å². The minimum Gasteiger partial charge on any atom is -0.334 e. The topological polar surface area (TPSA) is 43.8 Å². The molecule has 1 unspecified atom stereocenters. The molecule has 1 aromatic heterocycles. The number of hydrogen-bond acceptors (Lipinski definition) is 2. The van der Waals surface area contributed by atoms with Crippen molar-refractivity contribution < 1.29 is 0 Å². The van der Waals surface area contributed by atoms with Crippen LogP contribution in [0.25, 0.3) is 0 Å². The van der Waals surface area contributed by atoms with Gasteiger partial charge in [0.1, 0.15) is 5.82 Å². The van der Waals surface area contributed by atoms with E-state index in [0.29, 0.717) is 0 Å². The quantitative estimate of drug-likeness (QED) is 0.859. The first-order valence-electron chi connectivity index (χ1n) is 5.82. The van der Waals surface area contributed by atoms with E-state index >= 15 is 0 Å². The third kappa shape index (κ3) is 1.98. The van der Waals surface area contributed by atoms with Gasteiger partial charge >= 0.3 is 0 Å². The van der Waals surface area contributed by atoms with Gasteiger partial charge in [-0.2, -0.15) is 0 Å². The van der Waals surface area contributed by atoms with Crippen molar-refractivity contribution in [2.45, 2.75) is 26.8 Å². The number of hydrogen-bond donors (Lipinski definition) is 1. The van der Waals surface area contributed by atoms with Gasteiger partial charge in [0, 0.05) is 7.05 Å². The molecule has 2 aromatic rings. The lowest BCUT2D eigenvalue weighted by molar-refractivity contribution is 0.725. The number of aryl methyl sites for hydroxylation is 2. The maximum atomic E-state index is 6.34. The van der Waals surface area contributed by atoms with Crippen LogP contribution in [0, 0.1) is 20.8 Å².